The molecular formula is C24H36N2P2. The van der Waals surface area contributed by atoms with Crippen LogP contribution in [0.1, 0.15) is 79.1 Å². The highest BCUT2D eigenvalue weighted by atomic mass is 31.1. The zero-order chi connectivity index (χ0) is 19.7. The van der Waals surface area contributed by atoms with E-state index in [1.807, 2.05) is 0 Å². The Hall–Kier alpha value is -0.580. The first kappa shape index (κ1) is 20.7. The van der Waals surface area contributed by atoms with E-state index in [0.717, 1.165) is 33.7 Å². The third kappa shape index (κ3) is 3.65. The van der Waals surface area contributed by atoms with Crippen molar-refractivity contribution in [2.24, 2.45) is 0 Å². The largest absolute Gasteiger partial charge is 0.244 e. The Labute approximate surface area is 173 Å². The maximum atomic E-state index is 5.42. The van der Waals surface area contributed by atoms with Crippen LogP contribution in [-0.4, -0.2) is 32.6 Å². The number of benzene rings is 1. The van der Waals surface area contributed by atoms with E-state index in [2.05, 4.69) is 52.0 Å². The molecule has 1 aromatic carbocycles. The van der Waals surface area contributed by atoms with E-state index in [1.165, 1.54) is 62.2 Å². The molecule has 0 bridgehead atoms. The van der Waals surface area contributed by atoms with Gasteiger partial charge >= 0.3 is 0 Å². The molecule has 0 radical (unpaired) electrons. The first-order chi connectivity index (χ1) is 13.7. The third-order valence-electron chi connectivity index (χ3n) is 7.15. The number of nitrogens with zero attached hydrogens (tertiary/aromatic N) is 2. The van der Waals surface area contributed by atoms with Gasteiger partial charge in [-0.05, 0) is 102 Å². The molecule has 2 aliphatic heterocycles. The van der Waals surface area contributed by atoms with Gasteiger partial charge in [0.15, 0.2) is 0 Å². The van der Waals surface area contributed by atoms with Gasteiger partial charge < -0.3 is 0 Å². The molecule has 4 heteroatoms. The molecular weight excluding hydrogens is 378 g/mol. The number of para-hydroxylation sites is 2. The second-order valence-corrected chi connectivity index (χ2v) is 14.0. The van der Waals surface area contributed by atoms with Crippen molar-refractivity contribution >= 4 is 37.7 Å². The van der Waals surface area contributed by atoms with Crippen LogP contribution >= 0.6 is 15.8 Å². The van der Waals surface area contributed by atoms with Crippen LogP contribution in [0.2, 0.25) is 0 Å². The second-order valence-electron chi connectivity index (χ2n) is 8.58. The summed E-state index contributed by atoms with van der Waals surface area (Å²) in [5.41, 5.74) is 8.62. The van der Waals surface area contributed by atoms with Gasteiger partial charge in [-0.2, -0.15) is 0 Å². The zero-order valence-corrected chi connectivity index (χ0v) is 19.9. The first-order valence-electron chi connectivity index (χ1n) is 11.5. The fourth-order valence-corrected chi connectivity index (χ4v) is 13.1. The average molecular weight is 415 g/mol. The Morgan fingerprint density at radius 3 is 1.25 bits per heavy atom. The lowest BCUT2D eigenvalue weighted by atomic mass is 10.1. The van der Waals surface area contributed by atoms with Crippen molar-refractivity contribution in [3.63, 3.8) is 0 Å². The second kappa shape index (κ2) is 9.06. The molecule has 4 rings (SSSR count). The molecule has 2 unspecified atom stereocenters. The summed E-state index contributed by atoms with van der Waals surface area (Å²) >= 11 is 0. The van der Waals surface area contributed by atoms with Crippen LogP contribution in [0, 0.1) is 0 Å². The van der Waals surface area contributed by atoms with Gasteiger partial charge in [0.1, 0.15) is 0 Å². The molecule has 2 saturated heterocycles. The predicted octanol–water partition coefficient (Wildman–Crippen LogP) is 6.55. The molecule has 28 heavy (non-hydrogen) atoms. The third-order valence-corrected chi connectivity index (χ3v) is 14.6. The van der Waals surface area contributed by atoms with Crippen LogP contribution < -0.4 is 10.9 Å². The molecule has 0 amide bonds. The minimum Gasteiger partial charge on any atom is -0.244 e. The van der Waals surface area contributed by atoms with Gasteiger partial charge in [-0.1, -0.05) is 39.8 Å². The summed E-state index contributed by atoms with van der Waals surface area (Å²) in [6, 6.07) is 8.61. The normalized spacial score (nSPS) is 31.1. The molecule has 0 aliphatic carbocycles. The van der Waals surface area contributed by atoms with Crippen LogP contribution in [0.4, 0.5) is 0 Å². The van der Waals surface area contributed by atoms with E-state index in [-0.39, 0.29) is 15.8 Å². The molecule has 0 saturated carbocycles. The van der Waals surface area contributed by atoms with E-state index in [9.17, 15) is 0 Å². The van der Waals surface area contributed by atoms with Crippen molar-refractivity contribution in [3.05, 3.63) is 24.3 Å². The Morgan fingerprint density at radius 1 is 0.643 bits per heavy atom. The van der Waals surface area contributed by atoms with Crippen molar-refractivity contribution in [2.75, 3.05) is 0 Å². The number of hydrogen-bond acceptors (Lipinski definition) is 2. The van der Waals surface area contributed by atoms with Crippen molar-refractivity contribution in [2.45, 2.75) is 102 Å². The topological polar surface area (TPSA) is 25.8 Å². The minimum atomic E-state index is -0.183. The maximum absolute atomic E-state index is 5.42. The first-order valence-corrected chi connectivity index (χ1v) is 14.5. The van der Waals surface area contributed by atoms with Gasteiger partial charge in [0.05, 0.1) is 21.9 Å². The highest BCUT2D eigenvalue weighted by Gasteiger charge is 2.42. The number of rotatable bonds is 6. The maximum Gasteiger partial charge on any atom is 0.0902 e. The molecule has 152 valence electrons. The monoisotopic (exact) mass is 414 g/mol. The van der Waals surface area contributed by atoms with Gasteiger partial charge in [-0.3, -0.25) is 0 Å². The van der Waals surface area contributed by atoms with Gasteiger partial charge in [0, 0.05) is 0 Å². The standard InChI is InChI=1S/C24H36N2P2/c1-5-17-13-14-18(6-2)27(17)23-24(26-22-12-10-9-11-21(22)25-23)28-19(7-3)15-16-20(28)8-4/h9-12,17-20H,5-8,13-16H2,1-4H3/t17-,18-,19-,20?,28?/m1/s1. The fourth-order valence-electron chi connectivity index (χ4n) is 5.55. The van der Waals surface area contributed by atoms with Gasteiger partial charge in [0.2, 0.25) is 0 Å². The summed E-state index contributed by atoms with van der Waals surface area (Å²) in [6.07, 6.45) is 10.8. The van der Waals surface area contributed by atoms with Crippen LogP contribution in [0.15, 0.2) is 24.3 Å². The predicted molar refractivity (Wildman–Crippen MR) is 127 cm³/mol. The number of fused-ring (bicyclic) bond motifs is 1. The van der Waals surface area contributed by atoms with Crippen LogP contribution in [0.5, 0.6) is 0 Å². The Balaban J connectivity index is 1.90. The quantitative estimate of drug-likeness (QED) is 0.501. The Bertz CT molecular complexity index is 718. The molecule has 2 aliphatic rings. The average Bonchev–Trinajstić information content (AvgIpc) is 3.35. The van der Waals surface area contributed by atoms with Crippen molar-refractivity contribution in [3.8, 4) is 0 Å². The molecule has 5 atom stereocenters. The lowest BCUT2D eigenvalue weighted by molar-refractivity contribution is 0.696. The molecule has 0 spiro atoms. The van der Waals surface area contributed by atoms with E-state index < -0.39 is 0 Å². The van der Waals surface area contributed by atoms with E-state index in [4.69, 9.17) is 9.97 Å². The van der Waals surface area contributed by atoms with Crippen molar-refractivity contribution in [1.82, 2.24) is 9.97 Å². The SMILES string of the molecule is CCC1CC[C@@H](CC)P1c1nc2ccccc2nc1P1[C@H](CC)CC[C@H]1CC. The molecule has 3 heterocycles. The van der Waals surface area contributed by atoms with Crippen LogP contribution in [0.25, 0.3) is 11.0 Å². The summed E-state index contributed by atoms with van der Waals surface area (Å²) in [4.78, 5) is 10.8. The summed E-state index contributed by atoms with van der Waals surface area (Å²) in [6.45, 7) is 9.60. The minimum absolute atomic E-state index is 0.183. The highest BCUT2D eigenvalue weighted by Crippen LogP contribution is 2.61. The number of aromatic nitrogens is 2. The molecule has 2 fully saturated rings. The lowest BCUT2D eigenvalue weighted by Gasteiger charge is -2.31. The van der Waals surface area contributed by atoms with Crippen LogP contribution in [-0.2, 0) is 0 Å². The molecule has 2 nitrogen and oxygen atoms in total. The van der Waals surface area contributed by atoms with E-state index in [0.29, 0.717) is 0 Å². The van der Waals surface area contributed by atoms with Crippen molar-refractivity contribution < 1.29 is 0 Å². The van der Waals surface area contributed by atoms with Gasteiger partial charge in [-0.15, -0.1) is 0 Å². The summed E-state index contributed by atoms with van der Waals surface area (Å²) in [5, 5.41) is 0. The summed E-state index contributed by atoms with van der Waals surface area (Å²) in [5.74, 6) is 0. The van der Waals surface area contributed by atoms with Gasteiger partial charge in [0.25, 0.3) is 0 Å². The molecule has 0 N–H and O–H groups in total. The molecule has 1 aromatic heterocycles. The summed E-state index contributed by atoms with van der Waals surface area (Å²) < 4.78 is 0. The smallest absolute Gasteiger partial charge is 0.0902 e. The Kier molecular flexibility index (Phi) is 6.69. The Morgan fingerprint density at radius 2 is 0.964 bits per heavy atom. The molecule has 2 aromatic rings. The lowest BCUT2D eigenvalue weighted by Crippen LogP contribution is -2.35. The fraction of sp³-hybridized carbons (Fsp3) is 0.667. The number of hydrogen-bond donors (Lipinski definition) is 0. The highest BCUT2D eigenvalue weighted by molar-refractivity contribution is 7.73. The zero-order valence-electron chi connectivity index (χ0n) is 18.1. The summed E-state index contributed by atoms with van der Waals surface area (Å²) in [7, 11) is -0.366. The van der Waals surface area contributed by atoms with E-state index in [1.54, 1.807) is 0 Å². The van der Waals surface area contributed by atoms with Crippen LogP contribution in [0.3, 0.4) is 0 Å². The van der Waals surface area contributed by atoms with E-state index >= 15 is 0 Å². The van der Waals surface area contributed by atoms with Gasteiger partial charge in [-0.25, -0.2) is 9.97 Å². The van der Waals surface area contributed by atoms with Crippen molar-refractivity contribution in [1.29, 1.82) is 0 Å².